The molecular formula is C29H42N2O3. The number of nitrogens with one attached hydrogen (secondary N) is 1. The number of hydrogen-bond acceptors (Lipinski definition) is 5. The fourth-order valence-corrected chi connectivity index (χ4v) is 4.72. The molecule has 1 unspecified atom stereocenters. The van der Waals surface area contributed by atoms with Crippen LogP contribution in [-0.4, -0.2) is 51.0 Å². The predicted molar refractivity (Wildman–Crippen MR) is 139 cm³/mol. The highest BCUT2D eigenvalue weighted by Gasteiger charge is 2.21. The van der Waals surface area contributed by atoms with Gasteiger partial charge in [-0.25, -0.2) is 0 Å². The minimum Gasteiger partial charge on any atom is -0.497 e. The van der Waals surface area contributed by atoms with E-state index in [9.17, 15) is 4.79 Å². The summed E-state index contributed by atoms with van der Waals surface area (Å²) < 4.78 is 11.5. The van der Waals surface area contributed by atoms with E-state index in [0.29, 0.717) is 12.3 Å². The highest BCUT2D eigenvalue weighted by molar-refractivity contribution is 5.96. The number of hydrogen-bond donors (Lipinski definition) is 1. The van der Waals surface area contributed by atoms with Gasteiger partial charge in [-0.05, 0) is 87.6 Å². The largest absolute Gasteiger partial charge is 0.497 e. The summed E-state index contributed by atoms with van der Waals surface area (Å²) in [4.78, 5) is 15.4. The molecule has 3 rings (SSSR count). The summed E-state index contributed by atoms with van der Waals surface area (Å²) in [6.07, 6.45) is 4.83. The van der Waals surface area contributed by atoms with Crippen molar-refractivity contribution in [3.8, 4) is 11.5 Å². The Morgan fingerprint density at radius 1 is 1.03 bits per heavy atom. The normalized spacial score (nSPS) is 15.9. The topological polar surface area (TPSA) is 50.8 Å². The molecule has 1 N–H and O–H groups in total. The monoisotopic (exact) mass is 466 g/mol. The van der Waals surface area contributed by atoms with E-state index in [1.807, 2.05) is 55.6 Å². The van der Waals surface area contributed by atoms with Crippen molar-refractivity contribution in [2.24, 2.45) is 11.8 Å². The zero-order valence-electron chi connectivity index (χ0n) is 21.4. The first-order valence-electron chi connectivity index (χ1n) is 12.8. The number of likely N-dealkylation sites (tertiary alicyclic amines) is 1. The van der Waals surface area contributed by atoms with Crippen LogP contribution in [-0.2, 0) is 0 Å². The Morgan fingerprint density at radius 3 is 2.26 bits per heavy atom. The van der Waals surface area contributed by atoms with Gasteiger partial charge in [0.2, 0.25) is 0 Å². The van der Waals surface area contributed by atoms with Crippen molar-refractivity contribution in [3.63, 3.8) is 0 Å². The van der Waals surface area contributed by atoms with Crippen molar-refractivity contribution < 1.29 is 14.3 Å². The smallest absolute Gasteiger partial charge is 0.162 e. The van der Waals surface area contributed by atoms with Crippen molar-refractivity contribution in [1.29, 1.82) is 0 Å². The zero-order chi connectivity index (χ0) is 24.3. The third kappa shape index (κ3) is 8.14. The summed E-state index contributed by atoms with van der Waals surface area (Å²) in [5.41, 5.74) is 1.89. The van der Waals surface area contributed by atoms with E-state index in [4.69, 9.17) is 9.47 Å². The molecule has 5 heteroatoms. The van der Waals surface area contributed by atoms with Gasteiger partial charge in [-0.2, -0.15) is 0 Å². The molecule has 5 nitrogen and oxygen atoms in total. The fraction of sp³-hybridized carbons (Fsp3) is 0.552. The second kappa shape index (κ2) is 13.5. The minimum atomic E-state index is -0.0824. The van der Waals surface area contributed by atoms with Gasteiger partial charge >= 0.3 is 0 Å². The maximum atomic E-state index is 12.8. The first kappa shape index (κ1) is 26.2. The molecule has 0 aromatic heterocycles. The van der Waals surface area contributed by atoms with Gasteiger partial charge in [0.25, 0.3) is 0 Å². The molecule has 0 radical (unpaired) electrons. The van der Waals surface area contributed by atoms with Crippen LogP contribution in [0.25, 0.3) is 0 Å². The molecule has 1 atom stereocenters. The summed E-state index contributed by atoms with van der Waals surface area (Å²) in [6, 6.07) is 15.7. The van der Waals surface area contributed by atoms with E-state index in [-0.39, 0.29) is 11.9 Å². The Morgan fingerprint density at radius 2 is 1.68 bits per heavy atom. The summed E-state index contributed by atoms with van der Waals surface area (Å²) in [6.45, 7) is 8.95. The van der Waals surface area contributed by atoms with E-state index in [0.717, 1.165) is 47.9 Å². The minimum absolute atomic E-state index is 0.0824. The molecule has 0 bridgehead atoms. The van der Waals surface area contributed by atoms with E-state index in [1.165, 1.54) is 32.5 Å². The average molecular weight is 467 g/mol. The number of rotatable bonds is 13. The molecule has 34 heavy (non-hydrogen) atoms. The van der Waals surface area contributed by atoms with E-state index >= 15 is 0 Å². The van der Waals surface area contributed by atoms with Gasteiger partial charge in [0.05, 0.1) is 7.11 Å². The van der Waals surface area contributed by atoms with Crippen molar-refractivity contribution in [2.45, 2.75) is 52.1 Å². The van der Waals surface area contributed by atoms with Crippen molar-refractivity contribution >= 4 is 5.78 Å². The van der Waals surface area contributed by atoms with Gasteiger partial charge in [-0.1, -0.05) is 38.1 Å². The molecule has 1 fully saturated rings. The number of benzene rings is 2. The van der Waals surface area contributed by atoms with Gasteiger partial charge in [-0.15, -0.1) is 0 Å². The van der Waals surface area contributed by atoms with Crippen LogP contribution in [0.4, 0.5) is 0 Å². The molecule has 186 valence electrons. The molecule has 0 amide bonds. The summed E-state index contributed by atoms with van der Waals surface area (Å²) >= 11 is 0. The Kier molecular flexibility index (Phi) is 10.4. The quantitative estimate of drug-likeness (QED) is 0.381. The summed E-state index contributed by atoms with van der Waals surface area (Å²) in [5, 5.41) is 3.20. The van der Waals surface area contributed by atoms with E-state index < -0.39 is 0 Å². The number of nitrogens with zero attached hydrogens (tertiary/aromatic N) is 1. The molecule has 2 aromatic carbocycles. The van der Waals surface area contributed by atoms with Gasteiger partial charge in [0.15, 0.2) is 5.78 Å². The highest BCUT2D eigenvalue weighted by atomic mass is 16.5. The lowest BCUT2D eigenvalue weighted by molar-refractivity contribution is 0.0960. The van der Waals surface area contributed by atoms with Crippen LogP contribution >= 0.6 is 0 Å². The molecule has 1 aliphatic heterocycles. The van der Waals surface area contributed by atoms with Gasteiger partial charge in [-0.3, -0.25) is 4.79 Å². The Labute approximate surface area is 205 Å². The van der Waals surface area contributed by atoms with Gasteiger partial charge in [0.1, 0.15) is 17.6 Å². The lowest BCUT2D eigenvalue weighted by atomic mass is 9.90. The number of Topliss-reactive ketones (excluding diaryl/α,β-unsaturated/α-hetero) is 1. The van der Waals surface area contributed by atoms with Crippen LogP contribution < -0.4 is 14.8 Å². The lowest BCUT2D eigenvalue weighted by Crippen LogP contribution is -2.36. The van der Waals surface area contributed by atoms with E-state index in [2.05, 4.69) is 24.1 Å². The molecule has 0 aliphatic carbocycles. The zero-order valence-corrected chi connectivity index (χ0v) is 21.4. The lowest BCUT2D eigenvalue weighted by Gasteiger charge is -2.32. The third-order valence-electron chi connectivity index (χ3n) is 6.71. The third-order valence-corrected chi connectivity index (χ3v) is 6.71. The predicted octanol–water partition coefficient (Wildman–Crippen LogP) is 5.76. The Hall–Kier alpha value is -2.37. The molecular weight excluding hydrogens is 424 g/mol. The second-order valence-electron chi connectivity index (χ2n) is 9.90. The molecule has 2 aromatic rings. The average Bonchev–Trinajstić information content (AvgIpc) is 2.86. The van der Waals surface area contributed by atoms with Crippen LogP contribution in [0.3, 0.4) is 0 Å². The number of carbonyl (C=O) groups excluding carboxylic acids is 1. The molecule has 1 saturated heterocycles. The van der Waals surface area contributed by atoms with Gasteiger partial charge in [0, 0.05) is 24.9 Å². The molecule has 0 spiro atoms. The molecule has 1 aliphatic rings. The number of ketones is 1. The summed E-state index contributed by atoms with van der Waals surface area (Å²) in [7, 11) is 3.60. The first-order chi connectivity index (χ1) is 16.5. The highest BCUT2D eigenvalue weighted by Crippen LogP contribution is 2.28. The SMILES string of the molecule is CNCCC(Oc1ccc(OC)cc1)c1ccc(C(=O)CCC2CCN(CC(C)C)CC2)cc1. The maximum Gasteiger partial charge on any atom is 0.162 e. The first-order valence-corrected chi connectivity index (χ1v) is 12.8. The van der Waals surface area contributed by atoms with Crippen molar-refractivity contribution in [2.75, 3.05) is 40.3 Å². The van der Waals surface area contributed by atoms with Crippen LogP contribution in [0, 0.1) is 11.8 Å². The Balaban J connectivity index is 1.53. The number of piperidine rings is 1. The van der Waals surface area contributed by atoms with E-state index in [1.54, 1.807) is 7.11 Å². The Bertz CT molecular complexity index is 856. The summed E-state index contributed by atoms with van der Waals surface area (Å²) in [5.74, 6) is 3.26. The second-order valence-corrected chi connectivity index (χ2v) is 9.90. The molecule has 0 saturated carbocycles. The number of carbonyl (C=O) groups is 1. The van der Waals surface area contributed by atoms with Crippen LogP contribution in [0.2, 0.25) is 0 Å². The van der Waals surface area contributed by atoms with Crippen LogP contribution in [0.1, 0.15) is 68.0 Å². The maximum absolute atomic E-state index is 12.8. The van der Waals surface area contributed by atoms with Gasteiger partial charge < -0.3 is 19.7 Å². The number of methoxy groups -OCH3 is 1. The van der Waals surface area contributed by atoms with Crippen molar-refractivity contribution in [3.05, 3.63) is 59.7 Å². The number of ether oxygens (including phenoxy) is 2. The van der Waals surface area contributed by atoms with Crippen LogP contribution in [0.15, 0.2) is 48.5 Å². The van der Waals surface area contributed by atoms with Crippen molar-refractivity contribution in [1.82, 2.24) is 10.2 Å². The molecule has 1 heterocycles. The fourth-order valence-electron chi connectivity index (χ4n) is 4.72. The van der Waals surface area contributed by atoms with Crippen LogP contribution in [0.5, 0.6) is 11.5 Å². The standard InChI is InChI=1S/C29H42N2O3/c1-22(2)21-31-19-16-23(17-20-31)5-14-28(32)24-6-8-25(9-7-24)29(15-18-30-3)34-27-12-10-26(33-4)11-13-27/h6-13,22-23,29-30H,5,14-21H2,1-4H3.